The highest BCUT2D eigenvalue weighted by molar-refractivity contribution is 6.00. The number of nitrogens with zero attached hydrogens (tertiary/aromatic N) is 1. The second-order valence-corrected chi connectivity index (χ2v) is 7.82. The number of carbonyl (C=O) groups is 1. The lowest BCUT2D eigenvalue weighted by atomic mass is 9.86. The number of hydrogen-bond acceptors (Lipinski definition) is 1. The van der Waals surface area contributed by atoms with Gasteiger partial charge in [0.05, 0.1) is 0 Å². The molecule has 2 heteroatoms. The molecule has 0 saturated heterocycles. The zero-order valence-electron chi connectivity index (χ0n) is 17.8. The summed E-state index contributed by atoms with van der Waals surface area (Å²) in [5.74, 6) is 0.282. The Morgan fingerprint density at radius 2 is 1.19 bits per heavy atom. The summed E-state index contributed by atoms with van der Waals surface area (Å²) in [5.41, 5.74) is 5.52. The predicted octanol–water partition coefficient (Wildman–Crippen LogP) is 7.27. The van der Waals surface area contributed by atoms with Crippen LogP contribution in [0.1, 0.15) is 35.4 Å². The van der Waals surface area contributed by atoms with E-state index in [1.807, 2.05) is 71.6 Å². The van der Waals surface area contributed by atoms with E-state index in [2.05, 4.69) is 55.5 Å². The van der Waals surface area contributed by atoms with Gasteiger partial charge >= 0.3 is 0 Å². The van der Waals surface area contributed by atoms with E-state index in [9.17, 15) is 4.79 Å². The molecule has 0 heterocycles. The van der Waals surface area contributed by atoms with Crippen LogP contribution in [0.5, 0.6) is 0 Å². The van der Waals surface area contributed by atoms with Crippen LogP contribution in [-0.2, 0) is 4.79 Å². The van der Waals surface area contributed by atoms with Crippen molar-refractivity contribution in [1.82, 2.24) is 0 Å². The van der Waals surface area contributed by atoms with Gasteiger partial charge in [-0.15, -0.1) is 0 Å². The van der Waals surface area contributed by atoms with Crippen molar-refractivity contribution in [2.24, 2.45) is 0 Å². The Kier molecular flexibility index (Phi) is 6.59. The van der Waals surface area contributed by atoms with E-state index in [0.717, 1.165) is 17.8 Å². The largest absolute Gasteiger partial charge is 0.281 e. The molecule has 0 bridgehead atoms. The third kappa shape index (κ3) is 5.10. The maximum Gasteiger partial charge on any atom is 0.231 e. The third-order valence-corrected chi connectivity index (χ3v) is 5.57. The van der Waals surface area contributed by atoms with Gasteiger partial charge < -0.3 is 0 Å². The van der Waals surface area contributed by atoms with Crippen molar-refractivity contribution in [1.29, 1.82) is 0 Å². The summed E-state index contributed by atoms with van der Waals surface area (Å²) in [6.45, 7) is 2.11. The van der Waals surface area contributed by atoms with Gasteiger partial charge in [-0.05, 0) is 48.7 Å². The van der Waals surface area contributed by atoms with Crippen molar-refractivity contribution in [2.45, 2.75) is 25.7 Å². The van der Waals surface area contributed by atoms with Gasteiger partial charge in [0.15, 0.2) is 0 Å². The minimum atomic E-state index is 0.103. The zero-order chi connectivity index (χ0) is 21.5. The van der Waals surface area contributed by atoms with Gasteiger partial charge in [-0.25, -0.2) is 0 Å². The molecule has 0 spiro atoms. The highest BCUT2D eigenvalue weighted by Crippen LogP contribution is 2.32. The molecule has 1 amide bonds. The first kappa shape index (κ1) is 20.6. The number of para-hydroxylation sites is 2. The Morgan fingerprint density at radius 3 is 1.74 bits per heavy atom. The lowest BCUT2D eigenvalue weighted by molar-refractivity contribution is -0.118. The summed E-state index contributed by atoms with van der Waals surface area (Å²) < 4.78 is 0. The van der Waals surface area contributed by atoms with Crippen molar-refractivity contribution >= 4 is 17.3 Å². The summed E-state index contributed by atoms with van der Waals surface area (Å²) in [6, 6.07) is 38.9. The second-order valence-electron chi connectivity index (χ2n) is 7.82. The Bertz CT molecular complexity index is 1070. The van der Waals surface area contributed by atoms with E-state index in [0.29, 0.717) is 6.42 Å². The van der Waals surface area contributed by atoms with Crippen molar-refractivity contribution in [2.75, 3.05) is 4.90 Å². The first-order valence-electron chi connectivity index (χ1n) is 10.8. The Morgan fingerprint density at radius 1 is 0.677 bits per heavy atom. The topological polar surface area (TPSA) is 20.3 Å². The van der Waals surface area contributed by atoms with Crippen molar-refractivity contribution < 1.29 is 4.79 Å². The Labute approximate surface area is 184 Å². The fraction of sp³-hybridized carbons (Fsp3) is 0.138. The molecule has 1 atom stereocenters. The molecule has 0 aromatic heterocycles. The first-order valence-corrected chi connectivity index (χ1v) is 10.8. The average molecular weight is 406 g/mol. The molecule has 0 N–H and O–H groups in total. The van der Waals surface area contributed by atoms with Crippen molar-refractivity contribution in [3.8, 4) is 0 Å². The highest BCUT2D eigenvalue weighted by atomic mass is 16.2. The maximum absolute atomic E-state index is 13.5. The molecule has 0 saturated carbocycles. The molecule has 0 fully saturated rings. The van der Waals surface area contributed by atoms with Crippen molar-refractivity contribution in [3.63, 3.8) is 0 Å². The molecule has 31 heavy (non-hydrogen) atoms. The Hall–Kier alpha value is -3.65. The minimum absolute atomic E-state index is 0.103. The number of aryl methyl sites for hydroxylation is 1. The van der Waals surface area contributed by atoms with E-state index in [1.54, 1.807) is 0 Å². The second kappa shape index (κ2) is 9.90. The summed E-state index contributed by atoms with van der Waals surface area (Å²) in [7, 11) is 0. The Balaban J connectivity index is 1.61. The number of amides is 1. The van der Waals surface area contributed by atoms with Gasteiger partial charge in [0.1, 0.15) is 0 Å². The number of carbonyl (C=O) groups excluding carboxylic acids is 1. The smallest absolute Gasteiger partial charge is 0.231 e. The van der Waals surface area contributed by atoms with Crippen LogP contribution >= 0.6 is 0 Å². The highest BCUT2D eigenvalue weighted by Gasteiger charge is 2.21. The summed E-state index contributed by atoms with van der Waals surface area (Å²) in [5, 5.41) is 0. The molecule has 4 aromatic carbocycles. The lowest BCUT2D eigenvalue weighted by Crippen LogP contribution is -2.26. The van der Waals surface area contributed by atoms with Crippen molar-refractivity contribution in [3.05, 3.63) is 132 Å². The molecule has 0 radical (unpaired) electrons. The molecule has 0 aliphatic rings. The number of hydrogen-bond donors (Lipinski definition) is 0. The van der Waals surface area contributed by atoms with Gasteiger partial charge in [0, 0.05) is 23.7 Å². The molecule has 4 rings (SSSR count). The van der Waals surface area contributed by atoms with Gasteiger partial charge in [-0.3, -0.25) is 9.69 Å². The van der Waals surface area contributed by atoms with Crippen LogP contribution in [0.2, 0.25) is 0 Å². The fourth-order valence-electron chi connectivity index (χ4n) is 4.07. The van der Waals surface area contributed by atoms with Crippen LogP contribution in [0.25, 0.3) is 0 Å². The monoisotopic (exact) mass is 405 g/mol. The third-order valence-electron chi connectivity index (χ3n) is 5.57. The summed E-state index contributed by atoms with van der Waals surface area (Å²) >= 11 is 0. The standard InChI is InChI=1S/C29H27NO/c1-23-12-11-15-25(22-23)28(24-13-5-2-6-14-24)20-21-29(31)30(26-16-7-3-8-17-26)27-18-9-4-10-19-27/h2-19,22,28H,20-21H2,1H3. The van der Waals surface area contributed by atoms with E-state index in [1.165, 1.54) is 16.7 Å². The molecule has 2 nitrogen and oxygen atoms in total. The fourth-order valence-corrected chi connectivity index (χ4v) is 4.07. The van der Waals surface area contributed by atoms with Crippen LogP contribution in [-0.4, -0.2) is 5.91 Å². The molecule has 0 aliphatic heterocycles. The van der Waals surface area contributed by atoms with Crippen LogP contribution < -0.4 is 4.90 Å². The SMILES string of the molecule is Cc1cccc(C(CCC(=O)N(c2ccccc2)c2ccccc2)c2ccccc2)c1. The van der Waals surface area contributed by atoms with Crippen LogP contribution in [0.3, 0.4) is 0 Å². The molecular weight excluding hydrogens is 378 g/mol. The number of rotatable bonds is 7. The van der Waals surface area contributed by atoms with Gasteiger partial charge in [0.25, 0.3) is 0 Å². The summed E-state index contributed by atoms with van der Waals surface area (Å²) in [4.78, 5) is 15.3. The summed E-state index contributed by atoms with van der Waals surface area (Å²) in [6.07, 6.45) is 1.21. The lowest BCUT2D eigenvalue weighted by Gasteiger charge is -2.25. The quantitative estimate of drug-likeness (QED) is 0.316. The molecule has 0 aliphatic carbocycles. The van der Waals surface area contributed by atoms with Gasteiger partial charge in [-0.2, -0.15) is 0 Å². The van der Waals surface area contributed by atoms with Gasteiger partial charge in [0.2, 0.25) is 5.91 Å². The van der Waals surface area contributed by atoms with Crippen LogP contribution in [0.4, 0.5) is 11.4 Å². The maximum atomic E-state index is 13.5. The first-order chi connectivity index (χ1) is 15.2. The van der Waals surface area contributed by atoms with E-state index < -0.39 is 0 Å². The number of benzene rings is 4. The normalized spacial score (nSPS) is 11.6. The van der Waals surface area contributed by atoms with E-state index in [4.69, 9.17) is 0 Å². The molecule has 4 aromatic rings. The predicted molar refractivity (Wildman–Crippen MR) is 129 cm³/mol. The average Bonchev–Trinajstić information content (AvgIpc) is 2.82. The molecule has 1 unspecified atom stereocenters. The molecular formula is C29H27NO. The van der Waals surface area contributed by atoms with E-state index >= 15 is 0 Å². The van der Waals surface area contributed by atoms with Crippen LogP contribution in [0, 0.1) is 6.92 Å². The zero-order valence-corrected chi connectivity index (χ0v) is 17.8. The number of anilines is 2. The van der Waals surface area contributed by atoms with E-state index in [-0.39, 0.29) is 11.8 Å². The molecule has 154 valence electrons. The minimum Gasteiger partial charge on any atom is -0.281 e. The van der Waals surface area contributed by atoms with Gasteiger partial charge in [-0.1, -0.05) is 96.6 Å². The van der Waals surface area contributed by atoms with Crippen LogP contribution in [0.15, 0.2) is 115 Å².